The standard InChI is InChI=1S/C16H26O3/c1-12(2)6-5-9-19-11-15(17)14-10-13(3)7-8-16(14)18-4/h7-8,10,12,15,17H,5-6,9,11H2,1-4H3. The van der Waals surface area contributed by atoms with Gasteiger partial charge in [-0.3, -0.25) is 0 Å². The van der Waals surface area contributed by atoms with Gasteiger partial charge >= 0.3 is 0 Å². The molecule has 1 N–H and O–H groups in total. The van der Waals surface area contributed by atoms with Crippen molar-refractivity contribution in [3.8, 4) is 5.75 Å². The van der Waals surface area contributed by atoms with Gasteiger partial charge in [-0.05, 0) is 37.8 Å². The molecule has 3 nitrogen and oxygen atoms in total. The van der Waals surface area contributed by atoms with Crippen molar-refractivity contribution >= 4 is 0 Å². The number of aliphatic hydroxyl groups excluding tert-OH is 1. The first-order valence-electron chi connectivity index (χ1n) is 6.95. The smallest absolute Gasteiger partial charge is 0.124 e. The zero-order valence-corrected chi connectivity index (χ0v) is 12.5. The van der Waals surface area contributed by atoms with Crippen LogP contribution in [0.5, 0.6) is 5.75 Å². The number of hydrogen-bond donors (Lipinski definition) is 1. The second kappa shape index (κ2) is 8.18. The fraction of sp³-hybridized carbons (Fsp3) is 0.625. The summed E-state index contributed by atoms with van der Waals surface area (Å²) in [7, 11) is 1.62. The van der Waals surface area contributed by atoms with Crippen LogP contribution in [0.1, 0.15) is 43.9 Å². The number of benzene rings is 1. The van der Waals surface area contributed by atoms with Crippen LogP contribution in [0.15, 0.2) is 18.2 Å². The predicted molar refractivity (Wildman–Crippen MR) is 77.6 cm³/mol. The first kappa shape index (κ1) is 16.0. The molecule has 0 saturated carbocycles. The van der Waals surface area contributed by atoms with E-state index in [9.17, 15) is 5.11 Å². The molecule has 1 aromatic carbocycles. The first-order chi connectivity index (χ1) is 9.04. The normalized spacial score (nSPS) is 12.7. The molecule has 3 heteroatoms. The first-order valence-corrected chi connectivity index (χ1v) is 6.95. The lowest BCUT2D eigenvalue weighted by Crippen LogP contribution is -2.10. The van der Waals surface area contributed by atoms with Gasteiger partial charge in [0.15, 0.2) is 0 Å². The maximum Gasteiger partial charge on any atom is 0.124 e. The lowest BCUT2D eigenvalue weighted by molar-refractivity contribution is 0.0326. The average molecular weight is 266 g/mol. The third kappa shape index (κ3) is 5.62. The molecule has 1 aromatic rings. The van der Waals surface area contributed by atoms with Crippen LogP contribution in [-0.2, 0) is 4.74 Å². The summed E-state index contributed by atoms with van der Waals surface area (Å²) in [6, 6.07) is 5.80. The zero-order valence-electron chi connectivity index (χ0n) is 12.5. The maximum absolute atomic E-state index is 10.2. The molecule has 0 bridgehead atoms. The monoisotopic (exact) mass is 266 g/mol. The van der Waals surface area contributed by atoms with Crippen LogP contribution in [0.3, 0.4) is 0 Å². The molecule has 0 heterocycles. The molecular weight excluding hydrogens is 240 g/mol. The number of aliphatic hydroxyl groups is 1. The van der Waals surface area contributed by atoms with Crippen molar-refractivity contribution in [1.29, 1.82) is 0 Å². The van der Waals surface area contributed by atoms with Gasteiger partial charge in [0.05, 0.1) is 13.7 Å². The molecule has 0 radical (unpaired) electrons. The molecule has 19 heavy (non-hydrogen) atoms. The van der Waals surface area contributed by atoms with E-state index in [2.05, 4.69) is 13.8 Å². The lowest BCUT2D eigenvalue weighted by atomic mass is 10.1. The van der Waals surface area contributed by atoms with Gasteiger partial charge in [-0.1, -0.05) is 25.5 Å². The van der Waals surface area contributed by atoms with Crippen LogP contribution < -0.4 is 4.74 Å². The lowest BCUT2D eigenvalue weighted by Gasteiger charge is -2.16. The van der Waals surface area contributed by atoms with Gasteiger partial charge in [0.2, 0.25) is 0 Å². The highest BCUT2D eigenvalue weighted by molar-refractivity contribution is 5.38. The van der Waals surface area contributed by atoms with Crippen LogP contribution >= 0.6 is 0 Å². The Morgan fingerprint density at radius 2 is 2.00 bits per heavy atom. The van der Waals surface area contributed by atoms with E-state index in [-0.39, 0.29) is 0 Å². The Labute approximate surface area is 116 Å². The van der Waals surface area contributed by atoms with E-state index in [1.165, 1.54) is 0 Å². The molecule has 1 atom stereocenters. The van der Waals surface area contributed by atoms with Gasteiger partial charge in [-0.25, -0.2) is 0 Å². The summed E-state index contributed by atoms with van der Waals surface area (Å²) in [5.41, 5.74) is 1.90. The molecule has 0 aliphatic carbocycles. The van der Waals surface area contributed by atoms with Crippen LogP contribution in [0.2, 0.25) is 0 Å². The highest BCUT2D eigenvalue weighted by Gasteiger charge is 2.13. The highest BCUT2D eigenvalue weighted by atomic mass is 16.5. The summed E-state index contributed by atoms with van der Waals surface area (Å²) in [6.45, 7) is 7.42. The molecule has 0 spiro atoms. The number of ether oxygens (including phenoxy) is 2. The quantitative estimate of drug-likeness (QED) is 0.732. The van der Waals surface area contributed by atoms with Crippen LogP contribution in [-0.4, -0.2) is 25.4 Å². The largest absolute Gasteiger partial charge is 0.496 e. The van der Waals surface area contributed by atoms with Crippen molar-refractivity contribution in [2.24, 2.45) is 5.92 Å². The van der Waals surface area contributed by atoms with Crippen LogP contribution in [0, 0.1) is 12.8 Å². The second-order valence-corrected chi connectivity index (χ2v) is 5.37. The summed E-state index contributed by atoms with van der Waals surface area (Å²) < 4.78 is 10.8. The summed E-state index contributed by atoms with van der Waals surface area (Å²) in [4.78, 5) is 0. The van der Waals surface area contributed by atoms with E-state index in [1.54, 1.807) is 7.11 Å². The van der Waals surface area contributed by atoms with Crippen molar-refractivity contribution in [2.45, 2.75) is 39.7 Å². The molecule has 1 rings (SSSR count). The van der Waals surface area contributed by atoms with E-state index in [4.69, 9.17) is 9.47 Å². The van der Waals surface area contributed by atoms with E-state index < -0.39 is 6.10 Å². The predicted octanol–water partition coefficient (Wildman–Crippen LogP) is 3.49. The Hall–Kier alpha value is -1.06. The molecular formula is C16H26O3. The third-order valence-electron chi connectivity index (χ3n) is 3.09. The number of methoxy groups -OCH3 is 1. The molecule has 0 aliphatic rings. The van der Waals surface area contributed by atoms with Crippen LogP contribution in [0.4, 0.5) is 0 Å². The van der Waals surface area contributed by atoms with Crippen LogP contribution in [0.25, 0.3) is 0 Å². The van der Waals surface area contributed by atoms with Crippen molar-refractivity contribution in [1.82, 2.24) is 0 Å². The fourth-order valence-corrected chi connectivity index (χ4v) is 1.99. The zero-order chi connectivity index (χ0) is 14.3. The van der Waals surface area contributed by atoms with E-state index in [0.29, 0.717) is 24.9 Å². The van der Waals surface area contributed by atoms with Gasteiger partial charge < -0.3 is 14.6 Å². The molecule has 0 amide bonds. The second-order valence-electron chi connectivity index (χ2n) is 5.37. The minimum absolute atomic E-state index is 0.317. The SMILES string of the molecule is COc1ccc(C)cc1C(O)COCCCC(C)C. The minimum atomic E-state index is -0.631. The Kier molecular flexibility index (Phi) is 6.89. The molecule has 0 saturated heterocycles. The highest BCUT2D eigenvalue weighted by Crippen LogP contribution is 2.26. The van der Waals surface area contributed by atoms with Crippen molar-refractivity contribution < 1.29 is 14.6 Å². The molecule has 0 aromatic heterocycles. The number of hydrogen-bond acceptors (Lipinski definition) is 3. The fourth-order valence-electron chi connectivity index (χ4n) is 1.99. The minimum Gasteiger partial charge on any atom is -0.496 e. The summed E-state index contributed by atoms with van der Waals surface area (Å²) >= 11 is 0. The average Bonchev–Trinajstić information content (AvgIpc) is 2.37. The summed E-state index contributed by atoms with van der Waals surface area (Å²) in [5, 5.41) is 10.2. The van der Waals surface area contributed by atoms with Crippen molar-refractivity contribution in [2.75, 3.05) is 20.3 Å². The van der Waals surface area contributed by atoms with E-state index >= 15 is 0 Å². The third-order valence-corrected chi connectivity index (χ3v) is 3.09. The van der Waals surface area contributed by atoms with Gasteiger partial charge in [-0.15, -0.1) is 0 Å². The topological polar surface area (TPSA) is 38.7 Å². The Morgan fingerprint density at radius 1 is 1.26 bits per heavy atom. The summed E-state index contributed by atoms with van der Waals surface area (Å²) in [6.07, 6.45) is 1.56. The van der Waals surface area contributed by atoms with Gasteiger partial charge in [-0.2, -0.15) is 0 Å². The molecule has 0 aliphatic heterocycles. The Morgan fingerprint density at radius 3 is 2.63 bits per heavy atom. The van der Waals surface area contributed by atoms with Crippen molar-refractivity contribution in [3.63, 3.8) is 0 Å². The van der Waals surface area contributed by atoms with Gasteiger partial charge in [0, 0.05) is 12.2 Å². The van der Waals surface area contributed by atoms with E-state index in [1.807, 2.05) is 25.1 Å². The number of aryl methyl sites for hydroxylation is 1. The Balaban J connectivity index is 2.44. The van der Waals surface area contributed by atoms with E-state index in [0.717, 1.165) is 24.0 Å². The van der Waals surface area contributed by atoms with Crippen molar-refractivity contribution in [3.05, 3.63) is 29.3 Å². The Bertz CT molecular complexity index is 374. The molecule has 108 valence electrons. The maximum atomic E-state index is 10.2. The molecule has 1 unspecified atom stereocenters. The summed E-state index contributed by atoms with van der Waals surface area (Å²) in [5.74, 6) is 1.41. The van der Waals surface area contributed by atoms with Gasteiger partial charge in [0.1, 0.15) is 11.9 Å². The number of rotatable bonds is 8. The van der Waals surface area contributed by atoms with Gasteiger partial charge in [0.25, 0.3) is 0 Å². The molecule has 0 fully saturated rings.